The molecule has 3 saturated heterocycles. The first-order chi connectivity index (χ1) is 14.9. The van der Waals surface area contributed by atoms with Gasteiger partial charge >= 0.3 is 11.9 Å². The highest BCUT2D eigenvalue weighted by molar-refractivity contribution is 5.87. The second-order valence-electron chi connectivity index (χ2n) is 9.89. The van der Waals surface area contributed by atoms with E-state index in [1.165, 1.54) is 19.6 Å². The third kappa shape index (κ3) is 1.87. The molecule has 7 heteroatoms. The Bertz CT molecular complexity index is 982. The van der Waals surface area contributed by atoms with E-state index in [1.807, 2.05) is 13.1 Å². The van der Waals surface area contributed by atoms with E-state index in [4.69, 9.17) is 14.2 Å². The lowest BCUT2D eigenvalue weighted by atomic mass is 9.48. The Balaban J connectivity index is 1.71. The van der Waals surface area contributed by atoms with Gasteiger partial charge in [-0.3, -0.25) is 9.69 Å². The van der Waals surface area contributed by atoms with Gasteiger partial charge in [0.05, 0.1) is 24.7 Å². The van der Waals surface area contributed by atoms with Gasteiger partial charge < -0.3 is 19.1 Å². The standard InChI is InChI=1S/C24H30N2O5/c1-5-22-17-10-12-26-13-11-23(18(22)26)15-8-6-7-9-16(15)25(3)19(23)24(31-17,21(28)29-4)20(22)30-14(2)27/h6-9,17-20H,5,10-13H2,1-4H3/t17-,18+,19-,20+,22+,23-,24-/m1/s1. The third-order valence-corrected chi connectivity index (χ3v) is 9.14. The van der Waals surface area contributed by atoms with Gasteiger partial charge in [0.2, 0.25) is 5.60 Å². The molecule has 1 aromatic rings. The minimum absolute atomic E-state index is 0.143. The van der Waals surface area contributed by atoms with Crippen molar-refractivity contribution < 1.29 is 23.8 Å². The highest BCUT2D eigenvalue weighted by atomic mass is 16.6. The molecule has 2 bridgehead atoms. The normalized spacial score (nSPS) is 44.1. The monoisotopic (exact) mass is 426 g/mol. The summed E-state index contributed by atoms with van der Waals surface area (Å²) in [5.41, 5.74) is 0.327. The second kappa shape index (κ2) is 6.01. The van der Waals surface area contributed by atoms with Gasteiger partial charge in [0.1, 0.15) is 0 Å². The number of benzene rings is 1. The van der Waals surface area contributed by atoms with Crippen molar-refractivity contribution in [2.45, 2.75) is 68.4 Å². The van der Waals surface area contributed by atoms with E-state index in [9.17, 15) is 9.59 Å². The van der Waals surface area contributed by atoms with Crippen LogP contribution in [0.15, 0.2) is 24.3 Å². The number of esters is 2. The predicted molar refractivity (Wildman–Crippen MR) is 113 cm³/mol. The Morgan fingerprint density at radius 2 is 2.00 bits per heavy atom. The Hall–Kier alpha value is -2.12. The van der Waals surface area contributed by atoms with E-state index >= 15 is 0 Å². The van der Waals surface area contributed by atoms with E-state index in [1.54, 1.807) is 0 Å². The second-order valence-corrected chi connectivity index (χ2v) is 9.89. The smallest absolute Gasteiger partial charge is 0.344 e. The fraction of sp³-hybridized carbons (Fsp3) is 0.667. The molecule has 31 heavy (non-hydrogen) atoms. The maximum atomic E-state index is 13.7. The van der Waals surface area contributed by atoms with Crippen LogP contribution in [0.1, 0.15) is 38.7 Å². The molecule has 7 nitrogen and oxygen atoms in total. The number of piperidine rings is 1. The molecule has 1 spiro atoms. The summed E-state index contributed by atoms with van der Waals surface area (Å²) >= 11 is 0. The van der Waals surface area contributed by atoms with Gasteiger partial charge in [0, 0.05) is 37.7 Å². The quantitative estimate of drug-likeness (QED) is 0.684. The zero-order valence-electron chi connectivity index (χ0n) is 18.6. The van der Waals surface area contributed by atoms with Crippen LogP contribution in [0.2, 0.25) is 0 Å². The molecule has 0 amide bonds. The zero-order chi connectivity index (χ0) is 21.8. The summed E-state index contributed by atoms with van der Waals surface area (Å²) in [5, 5.41) is 0. The molecule has 4 heterocycles. The highest BCUT2D eigenvalue weighted by Crippen LogP contribution is 2.72. The molecular weight excluding hydrogens is 396 g/mol. The van der Waals surface area contributed by atoms with Crippen LogP contribution < -0.4 is 4.90 Å². The number of likely N-dealkylation sites (N-methyl/N-ethyl adjacent to an activating group) is 1. The van der Waals surface area contributed by atoms with Crippen molar-refractivity contribution in [2.75, 3.05) is 32.1 Å². The van der Waals surface area contributed by atoms with Gasteiger partial charge in [-0.25, -0.2) is 4.79 Å². The minimum Gasteiger partial charge on any atom is -0.467 e. The number of carbonyl (C=O) groups is 2. The molecule has 0 unspecified atom stereocenters. The Kier molecular flexibility index (Phi) is 3.79. The number of rotatable bonds is 3. The number of ether oxygens (including phenoxy) is 3. The largest absolute Gasteiger partial charge is 0.467 e. The molecule has 1 saturated carbocycles. The van der Waals surface area contributed by atoms with E-state index < -0.39 is 23.1 Å². The van der Waals surface area contributed by atoms with E-state index in [-0.39, 0.29) is 29.6 Å². The first kappa shape index (κ1) is 19.6. The maximum absolute atomic E-state index is 13.7. The summed E-state index contributed by atoms with van der Waals surface area (Å²) in [6, 6.07) is 8.33. The molecule has 4 aliphatic heterocycles. The summed E-state index contributed by atoms with van der Waals surface area (Å²) in [5.74, 6) is -0.807. The predicted octanol–water partition coefficient (Wildman–Crippen LogP) is 1.87. The molecular formula is C24H30N2O5. The van der Waals surface area contributed by atoms with Crippen LogP contribution in [0.25, 0.3) is 0 Å². The van der Waals surface area contributed by atoms with Gasteiger partial charge in [-0.15, -0.1) is 0 Å². The van der Waals surface area contributed by atoms with Gasteiger partial charge in [-0.05, 0) is 37.4 Å². The van der Waals surface area contributed by atoms with Gasteiger partial charge in [0.15, 0.2) is 6.10 Å². The average molecular weight is 427 g/mol. The van der Waals surface area contributed by atoms with Crippen molar-refractivity contribution in [2.24, 2.45) is 5.41 Å². The van der Waals surface area contributed by atoms with Crippen LogP contribution in [0.4, 0.5) is 5.69 Å². The number of methoxy groups -OCH3 is 1. The van der Waals surface area contributed by atoms with Crippen molar-refractivity contribution in [3.8, 4) is 0 Å². The summed E-state index contributed by atoms with van der Waals surface area (Å²) in [7, 11) is 3.45. The number of anilines is 1. The number of fused-ring (bicyclic) bond motifs is 3. The van der Waals surface area contributed by atoms with Crippen molar-refractivity contribution >= 4 is 17.6 Å². The Morgan fingerprint density at radius 3 is 2.71 bits per heavy atom. The summed E-state index contributed by atoms with van der Waals surface area (Å²) in [4.78, 5) is 30.9. The fourth-order valence-corrected chi connectivity index (χ4v) is 8.53. The topological polar surface area (TPSA) is 68.3 Å². The fourth-order valence-electron chi connectivity index (χ4n) is 8.53. The molecule has 0 N–H and O–H groups in total. The van der Waals surface area contributed by atoms with Gasteiger partial charge in [0.25, 0.3) is 0 Å². The zero-order valence-corrected chi connectivity index (χ0v) is 18.6. The van der Waals surface area contributed by atoms with E-state index in [2.05, 4.69) is 34.9 Å². The molecule has 5 aliphatic rings. The first-order valence-electron chi connectivity index (χ1n) is 11.4. The maximum Gasteiger partial charge on any atom is 0.344 e. The molecule has 4 fully saturated rings. The van der Waals surface area contributed by atoms with Crippen LogP contribution in [0, 0.1) is 5.41 Å². The molecule has 1 aromatic carbocycles. The summed E-state index contributed by atoms with van der Waals surface area (Å²) in [6.07, 6.45) is 1.72. The number of hydrogen-bond donors (Lipinski definition) is 0. The number of hydrogen-bond acceptors (Lipinski definition) is 7. The average Bonchev–Trinajstić information content (AvgIpc) is 3.37. The number of para-hydroxylation sites is 1. The van der Waals surface area contributed by atoms with Crippen molar-refractivity contribution in [1.29, 1.82) is 0 Å². The van der Waals surface area contributed by atoms with Crippen molar-refractivity contribution in [1.82, 2.24) is 4.90 Å². The first-order valence-corrected chi connectivity index (χ1v) is 11.4. The summed E-state index contributed by atoms with van der Waals surface area (Å²) in [6.45, 7) is 5.49. The van der Waals surface area contributed by atoms with Gasteiger partial charge in [-0.2, -0.15) is 0 Å². The van der Waals surface area contributed by atoms with Crippen LogP contribution in [-0.2, 0) is 29.2 Å². The Labute approximate surface area is 182 Å². The van der Waals surface area contributed by atoms with Crippen LogP contribution in [0.3, 0.4) is 0 Å². The van der Waals surface area contributed by atoms with E-state index in [0.717, 1.165) is 38.0 Å². The third-order valence-electron chi connectivity index (χ3n) is 9.14. The lowest BCUT2D eigenvalue weighted by Crippen LogP contribution is -2.78. The number of nitrogens with zero attached hydrogens (tertiary/aromatic N) is 2. The molecule has 1 aliphatic carbocycles. The highest BCUT2D eigenvalue weighted by Gasteiger charge is 2.87. The SMILES string of the molecule is CC[C@]12[C@H](OC(C)=O)[C@]3(C(=O)OC)O[C@@H]1CCN1CC[C@@]4(c5ccccc5N(C)[C@@H]34)[C@@H]12. The molecule has 6 rings (SSSR count). The van der Waals surface area contributed by atoms with Crippen molar-refractivity contribution in [3.05, 3.63) is 29.8 Å². The van der Waals surface area contributed by atoms with Crippen LogP contribution in [0.5, 0.6) is 0 Å². The van der Waals surface area contributed by atoms with Crippen LogP contribution >= 0.6 is 0 Å². The molecule has 0 radical (unpaired) electrons. The van der Waals surface area contributed by atoms with Crippen molar-refractivity contribution in [3.63, 3.8) is 0 Å². The Morgan fingerprint density at radius 1 is 1.23 bits per heavy atom. The molecule has 166 valence electrons. The lowest BCUT2D eigenvalue weighted by Gasteiger charge is -2.60. The lowest BCUT2D eigenvalue weighted by molar-refractivity contribution is -0.199. The number of carbonyl (C=O) groups excluding carboxylic acids is 2. The van der Waals surface area contributed by atoms with Gasteiger partial charge in [-0.1, -0.05) is 25.1 Å². The summed E-state index contributed by atoms with van der Waals surface area (Å²) < 4.78 is 18.4. The van der Waals surface area contributed by atoms with E-state index in [0.29, 0.717) is 0 Å². The van der Waals surface area contributed by atoms with Crippen LogP contribution in [-0.4, -0.2) is 74.0 Å². The minimum atomic E-state index is -1.36. The molecule has 0 aromatic heterocycles. The molecule has 7 atom stereocenters.